The lowest BCUT2D eigenvalue weighted by Crippen LogP contribution is -2.23. The second-order valence-corrected chi connectivity index (χ2v) is 5.41. The van der Waals surface area contributed by atoms with Gasteiger partial charge in [-0.1, -0.05) is 38.1 Å². The SMILES string of the molecule is C/C=C\c1ccc(C2=NC(C(O)O)CS2)nc1/C=C\C.CC. The highest BCUT2D eigenvalue weighted by molar-refractivity contribution is 8.14. The first kappa shape index (κ1) is 18.6. The summed E-state index contributed by atoms with van der Waals surface area (Å²) in [6, 6.07) is 3.46. The van der Waals surface area contributed by atoms with Crippen molar-refractivity contribution in [1.29, 1.82) is 0 Å². The van der Waals surface area contributed by atoms with E-state index >= 15 is 0 Å². The summed E-state index contributed by atoms with van der Waals surface area (Å²) in [6.45, 7) is 7.92. The minimum Gasteiger partial charge on any atom is -0.366 e. The summed E-state index contributed by atoms with van der Waals surface area (Å²) in [5, 5.41) is 19.1. The Hall–Kier alpha value is -1.43. The number of allylic oxidation sites excluding steroid dienone is 2. The van der Waals surface area contributed by atoms with Gasteiger partial charge in [-0.2, -0.15) is 0 Å². The van der Waals surface area contributed by atoms with Crippen molar-refractivity contribution in [2.45, 2.75) is 40.0 Å². The van der Waals surface area contributed by atoms with Crippen LogP contribution in [-0.4, -0.2) is 38.3 Å². The highest BCUT2D eigenvalue weighted by Crippen LogP contribution is 2.25. The highest BCUT2D eigenvalue weighted by Gasteiger charge is 2.25. The van der Waals surface area contributed by atoms with Gasteiger partial charge in [-0.25, -0.2) is 4.98 Å². The summed E-state index contributed by atoms with van der Waals surface area (Å²) in [5.41, 5.74) is 2.72. The molecule has 22 heavy (non-hydrogen) atoms. The lowest BCUT2D eigenvalue weighted by molar-refractivity contribution is -0.0516. The van der Waals surface area contributed by atoms with E-state index in [9.17, 15) is 0 Å². The fourth-order valence-corrected chi connectivity index (χ4v) is 2.95. The molecule has 2 rings (SSSR count). The third-order valence-electron chi connectivity index (χ3n) is 2.87. The molecule has 1 atom stereocenters. The standard InChI is InChI=1S/C15H18N2O2S.C2H6/c1-3-5-10-7-8-12(16-11(10)6-4-2)14-17-13(9-20-14)15(18)19;1-2/h3-8,13,15,18-19H,9H2,1-2H3;1-2H3/b5-3-,6-4-;. The number of nitrogens with zero attached hydrogens (tertiary/aromatic N) is 2. The maximum Gasteiger partial charge on any atom is 0.175 e. The Labute approximate surface area is 136 Å². The fraction of sp³-hybridized carbons (Fsp3) is 0.412. The average Bonchev–Trinajstić information content (AvgIpc) is 3.02. The minimum absolute atomic E-state index is 0.461. The van der Waals surface area contributed by atoms with Crippen LogP contribution in [0.3, 0.4) is 0 Å². The molecule has 1 aliphatic heterocycles. The quantitative estimate of drug-likeness (QED) is 0.835. The fourth-order valence-electron chi connectivity index (χ4n) is 1.90. The van der Waals surface area contributed by atoms with E-state index in [1.807, 2.05) is 64.1 Å². The molecule has 4 nitrogen and oxygen atoms in total. The summed E-state index contributed by atoms with van der Waals surface area (Å²) in [6.07, 6.45) is 6.48. The van der Waals surface area contributed by atoms with Crippen LogP contribution < -0.4 is 0 Å². The lowest BCUT2D eigenvalue weighted by Gasteiger charge is -2.06. The normalized spacial score (nSPS) is 18.0. The molecule has 120 valence electrons. The van der Waals surface area contributed by atoms with Crippen molar-refractivity contribution >= 4 is 29.0 Å². The van der Waals surface area contributed by atoms with Crippen LogP contribution in [0, 0.1) is 0 Å². The number of aliphatic hydroxyl groups is 2. The van der Waals surface area contributed by atoms with Gasteiger partial charge in [-0.3, -0.25) is 4.99 Å². The van der Waals surface area contributed by atoms with E-state index in [1.54, 1.807) is 0 Å². The van der Waals surface area contributed by atoms with Crippen LogP contribution >= 0.6 is 11.8 Å². The zero-order valence-corrected chi connectivity index (χ0v) is 14.3. The monoisotopic (exact) mass is 320 g/mol. The maximum absolute atomic E-state index is 9.16. The van der Waals surface area contributed by atoms with Gasteiger partial charge in [0.2, 0.25) is 0 Å². The largest absolute Gasteiger partial charge is 0.366 e. The molecule has 2 N–H and O–H groups in total. The number of hydrogen-bond acceptors (Lipinski definition) is 5. The maximum atomic E-state index is 9.16. The van der Waals surface area contributed by atoms with Crippen LogP contribution in [0.15, 0.2) is 29.3 Å². The molecule has 0 amide bonds. The molecule has 2 heterocycles. The summed E-state index contributed by atoms with van der Waals surface area (Å²) in [4.78, 5) is 8.91. The minimum atomic E-state index is -1.41. The molecule has 5 heteroatoms. The van der Waals surface area contributed by atoms with Gasteiger partial charge in [0.25, 0.3) is 0 Å². The first-order valence-corrected chi connectivity index (χ1v) is 8.47. The topological polar surface area (TPSA) is 65.7 Å². The van der Waals surface area contributed by atoms with Crippen LogP contribution in [0.1, 0.15) is 44.6 Å². The number of hydrogen-bond donors (Lipinski definition) is 2. The van der Waals surface area contributed by atoms with Crippen molar-refractivity contribution in [3.8, 4) is 0 Å². The van der Waals surface area contributed by atoms with Crippen LogP contribution in [0.5, 0.6) is 0 Å². The number of aliphatic hydroxyl groups excluding tert-OH is 1. The molecule has 0 spiro atoms. The molecule has 1 unspecified atom stereocenters. The number of rotatable bonds is 4. The van der Waals surface area contributed by atoms with Crippen LogP contribution in [0.4, 0.5) is 0 Å². The van der Waals surface area contributed by atoms with E-state index in [2.05, 4.69) is 9.98 Å². The molecule has 1 aromatic rings. The Morgan fingerprint density at radius 3 is 2.41 bits per heavy atom. The molecule has 1 aliphatic rings. The van der Waals surface area contributed by atoms with E-state index in [4.69, 9.17) is 10.2 Å². The molecule has 0 radical (unpaired) electrons. The molecule has 0 bridgehead atoms. The van der Waals surface area contributed by atoms with Gasteiger partial charge in [-0.15, -0.1) is 11.8 Å². The Bertz CT molecular complexity index is 566. The van der Waals surface area contributed by atoms with E-state index < -0.39 is 12.3 Å². The van der Waals surface area contributed by atoms with E-state index in [-0.39, 0.29) is 0 Å². The number of thioether (sulfide) groups is 1. The third-order valence-corrected chi connectivity index (χ3v) is 3.96. The number of aromatic nitrogens is 1. The summed E-state index contributed by atoms with van der Waals surface area (Å²) in [7, 11) is 0. The van der Waals surface area contributed by atoms with Crippen molar-refractivity contribution in [3.63, 3.8) is 0 Å². The van der Waals surface area contributed by atoms with Gasteiger partial charge < -0.3 is 10.2 Å². The number of pyridine rings is 1. The molecule has 0 aliphatic carbocycles. The molecule has 0 saturated carbocycles. The van der Waals surface area contributed by atoms with Crippen molar-refractivity contribution in [2.24, 2.45) is 4.99 Å². The Balaban J connectivity index is 0.00000116. The summed E-state index contributed by atoms with van der Waals surface area (Å²) in [5.74, 6) is 0.574. The van der Waals surface area contributed by atoms with Crippen LogP contribution in [0.2, 0.25) is 0 Å². The van der Waals surface area contributed by atoms with Crippen molar-refractivity contribution in [2.75, 3.05) is 5.75 Å². The van der Waals surface area contributed by atoms with Gasteiger partial charge in [0.1, 0.15) is 11.1 Å². The van der Waals surface area contributed by atoms with Crippen molar-refractivity contribution in [3.05, 3.63) is 41.2 Å². The van der Waals surface area contributed by atoms with Gasteiger partial charge in [0.05, 0.1) is 11.4 Å². The van der Waals surface area contributed by atoms with Crippen molar-refractivity contribution < 1.29 is 10.2 Å². The van der Waals surface area contributed by atoms with Crippen LogP contribution in [-0.2, 0) is 0 Å². The van der Waals surface area contributed by atoms with Crippen molar-refractivity contribution in [1.82, 2.24) is 4.98 Å². The molecular formula is C17H24N2O2S. The molecule has 1 aromatic heterocycles. The van der Waals surface area contributed by atoms with E-state index in [0.717, 1.165) is 22.0 Å². The zero-order valence-electron chi connectivity index (χ0n) is 13.5. The highest BCUT2D eigenvalue weighted by atomic mass is 32.2. The Morgan fingerprint density at radius 1 is 1.18 bits per heavy atom. The summed E-state index contributed by atoms with van der Waals surface area (Å²) < 4.78 is 0. The number of aliphatic imine (C=N–C) groups is 1. The second-order valence-electron chi connectivity index (χ2n) is 4.40. The second kappa shape index (κ2) is 9.56. The first-order valence-electron chi connectivity index (χ1n) is 7.49. The molecule has 0 aromatic carbocycles. The predicted molar refractivity (Wildman–Crippen MR) is 96.0 cm³/mol. The zero-order chi connectivity index (χ0) is 16.5. The predicted octanol–water partition coefficient (Wildman–Crippen LogP) is 3.35. The first-order chi connectivity index (χ1) is 10.7. The van der Waals surface area contributed by atoms with E-state index in [0.29, 0.717) is 5.75 Å². The van der Waals surface area contributed by atoms with Gasteiger partial charge in [-0.05, 0) is 31.6 Å². The van der Waals surface area contributed by atoms with Gasteiger partial charge in [0.15, 0.2) is 6.29 Å². The molecule has 0 fully saturated rings. The van der Waals surface area contributed by atoms with Crippen LogP contribution in [0.25, 0.3) is 12.2 Å². The third kappa shape index (κ3) is 4.80. The Kier molecular flexibility index (Phi) is 8.09. The Morgan fingerprint density at radius 2 is 1.86 bits per heavy atom. The molecular weight excluding hydrogens is 296 g/mol. The average molecular weight is 320 g/mol. The smallest absolute Gasteiger partial charge is 0.175 e. The van der Waals surface area contributed by atoms with E-state index in [1.165, 1.54) is 11.8 Å². The lowest BCUT2D eigenvalue weighted by atomic mass is 10.1. The molecule has 0 saturated heterocycles. The summed E-state index contributed by atoms with van der Waals surface area (Å²) >= 11 is 1.50. The van der Waals surface area contributed by atoms with Gasteiger partial charge >= 0.3 is 0 Å². The van der Waals surface area contributed by atoms with Gasteiger partial charge in [0, 0.05) is 5.75 Å².